The summed E-state index contributed by atoms with van der Waals surface area (Å²) in [7, 11) is 1.61. The lowest BCUT2D eigenvalue weighted by atomic mass is 10.2. The molecule has 5 nitrogen and oxygen atoms in total. The van der Waals surface area contributed by atoms with E-state index in [0.717, 1.165) is 5.69 Å². The molecular formula is C14H16F3N3O2. The van der Waals surface area contributed by atoms with Crippen LogP contribution in [0.4, 0.5) is 18.9 Å². The summed E-state index contributed by atoms with van der Waals surface area (Å²) in [6, 6.07) is 5.83. The minimum absolute atomic E-state index is 0.234. The summed E-state index contributed by atoms with van der Waals surface area (Å²) < 4.78 is 47.1. The first-order valence-electron chi connectivity index (χ1n) is 6.56. The number of nitrogens with zero attached hydrogens (tertiary/aromatic N) is 2. The summed E-state index contributed by atoms with van der Waals surface area (Å²) in [5.41, 5.74) is 1.45. The molecule has 1 N–H and O–H groups in total. The van der Waals surface area contributed by atoms with Crippen LogP contribution in [0.25, 0.3) is 0 Å². The molecule has 1 aromatic carbocycles. The van der Waals surface area contributed by atoms with Crippen molar-refractivity contribution in [1.82, 2.24) is 9.78 Å². The molecule has 1 aromatic heterocycles. The Morgan fingerprint density at radius 2 is 2.14 bits per heavy atom. The fourth-order valence-corrected chi connectivity index (χ4v) is 1.82. The van der Waals surface area contributed by atoms with Crippen molar-refractivity contribution in [2.45, 2.75) is 19.5 Å². The zero-order valence-electron chi connectivity index (χ0n) is 11.9. The lowest BCUT2D eigenvalue weighted by molar-refractivity contribution is -0.274. The van der Waals surface area contributed by atoms with Gasteiger partial charge in [0.1, 0.15) is 5.75 Å². The molecule has 0 aliphatic rings. The number of hydrogen-bond donors (Lipinski definition) is 1. The van der Waals surface area contributed by atoms with Gasteiger partial charge >= 0.3 is 6.36 Å². The van der Waals surface area contributed by atoms with Crippen molar-refractivity contribution >= 4 is 5.69 Å². The molecular weight excluding hydrogens is 299 g/mol. The number of aromatic nitrogens is 2. The van der Waals surface area contributed by atoms with Crippen LogP contribution in [0.2, 0.25) is 0 Å². The van der Waals surface area contributed by atoms with Crippen LogP contribution in [0, 0.1) is 0 Å². The number of nitrogens with one attached hydrogen (secondary N) is 1. The second-order valence-corrected chi connectivity index (χ2v) is 4.53. The fraction of sp³-hybridized carbons (Fsp3) is 0.357. The van der Waals surface area contributed by atoms with Gasteiger partial charge in [-0.2, -0.15) is 5.10 Å². The molecule has 0 amide bonds. The first kappa shape index (κ1) is 16.2. The molecule has 0 unspecified atom stereocenters. The molecule has 0 spiro atoms. The third-order valence-electron chi connectivity index (χ3n) is 2.79. The second-order valence-electron chi connectivity index (χ2n) is 4.53. The van der Waals surface area contributed by atoms with Crippen LogP contribution < -0.4 is 10.1 Å². The molecule has 0 aliphatic carbocycles. The maximum Gasteiger partial charge on any atom is 0.573 e. The minimum atomic E-state index is -4.69. The van der Waals surface area contributed by atoms with Gasteiger partial charge in [-0.05, 0) is 17.7 Å². The molecule has 0 radical (unpaired) electrons. The van der Waals surface area contributed by atoms with Gasteiger partial charge in [0.05, 0.1) is 25.0 Å². The zero-order valence-corrected chi connectivity index (χ0v) is 11.9. The fourth-order valence-electron chi connectivity index (χ4n) is 1.82. The molecule has 2 rings (SSSR count). The van der Waals surface area contributed by atoms with Gasteiger partial charge in [-0.25, -0.2) is 0 Å². The van der Waals surface area contributed by atoms with Gasteiger partial charge in [-0.1, -0.05) is 12.1 Å². The Balaban J connectivity index is 1.91. The average molecular weight is 315 g/mol. The molecule has 22 heavy (non-hydrogen) atoms. The molecule has 0 saturated carbocycles. The molecule has 2 aromatic rings. The Morgan fingerprint density at radius 1 is 1.32 bits per heavy atom. The van der Waals surface area contributed by atoms with E-state index in [0.29, 0.717) is 25.3 Å². The van der Waals surface area contributed by atoms with E-state index in [1.807, 2.05) is 0 Å². The summed E-state index contributed by atoms with van der Waals surface area (Å²) >= 11 is 0. The number of methoxy groups -OCH3 is 1. The van der Waals surface area contributed by atoms with Gasteiger partial charge in [-0.15, -0.1) is 13.2 Å². The Bertz CT molecular complexity index is 599. The maximum absolute atomic E-state index is 12.2. The van der Waals surface area contributed by atoms with Crippen molar-refractivity contribution in [2.75, 3.05) is 19.0 Å². The molecule has 0 fully saturated rings. The van der Waals surface area contributed by atoms with Crippen LogP contribution in [0.3, 0.4) is 0 Å². The van der Waals surface area contributed by atoms with E-state index >= 15 is 0 Å². The summed E-state index contributed by atoms with van der Waals surface area (Å²) in [4.78, 5) is 0. The van der Waals surface area contributed by atoms with E-state index < -0.39 is 6.36 Å². The van der Waals surface area contributed by atoms with Crippen molar-refractivity contribution in [1.29, 1.82) is 0 Å². The van der Waals surface area contributed by atoms with Gasteiger partial charge in [0, 0.05) is 19.9 Å². The normalized spacial score (nSPS) is 11.5. The quantitative estimate of drug-likeness (QED) is 0.853. The summed E-state index contributed by atoms with van der Waals surface area (Å²) in [5.74, 6) is -0.234. The van der Waals surface area contributed by atoms with Crippen molar-refractivity contribution < 1.29 is 22.6 Å². The Kier molecular flexibility index (Phi) is 5.26. The monoisotopic (exact) mass is 315 g/mol. The van der Waals surface area contributed by atoms with Gasteiger partial charge in [0.15, 0.2) is 0 Å². The molecule has 120 valence electrons. The largest absolute Gasteiger partial charge is 0.573 e. The lowest BCUT2D eigenvalue weighted by Gasteiger charge is -2.10. The Morgan fingerprint density at radius 3 is 2.86 bits per heavy atom. The summed E-state index contributed by atoms with van der Waals surface area (Å²) in [6.45, 7) is 1.55. The van der Waals surface area contributed by atoms with Crippen LogP contribution >= 0.6 is 0 Å². The van der Waals surface area contributed by atoms with Crippen LogP contribution in [0.5, 0.6) is 5.75 Å². The van der Waals surface area contributed by atoms with Gasteiger partial charge < -0.3 is 14.8 Å². The van der Waals surface area contributed by atoms with Crippen LogP contribution in [-0.4, -0.2) is 29.9 Å². The smallest absolute Gasteiger partial charge is 0.406 e. The standard InChI is InChI=1S/C14H16F3N3O2/c1-21-6-5-20-10-12(9-19-20)18-8-11-3-2-4-13(7-11)22-14(15,16)17/h2-4,7,9-10,18H,5-6,8H2,1H3. The van der Waals surface area contributed by atoms with Crippen molar-refractivity contribution in [3.8, 4) is 5.75 Å². The topological polar surface area (TPSA) is 48.3 Å². The van der Waals surface area contributed by atoms with Crippen molar-refractivity contribution in [3.63, 3.8) is 0 Å². The van der Waals surface area contributed by atoms with Crippen molar-refractivity contribution in [2.24, 2.45) is 0 Å². The number of ether oxygens (including phenoxy) is 2. The van der Waals surface area contributed by atoms with Gasteiger partial charge in [0.2, 0.25) is 0 Å². The number of halogens is 3. The number of hydrogen-bond acceptors (Lipinski definition) is 4. The lowest BCUT2D eigenvalue weighted by Crippen LogP contribution is -2.17. The van der Waals surface area contributed by atoms with Crippen LogP contribution in [-0.2, 0) is 17.8 Å². The molecule has 0 aliphatic heterocycles. The number of rotatable bonds is 7. The maximum atomic E-state index is 12.2. The van der Waals surface area contributed by atoms with Gasteiger partial charge in [-0.3, -0.25) is 4.68 Å². The van der Waals surface area contributed by atoms with E-state index in [4.69, 9.17) is 4.74 Å². The predicted octanol–water partition coefficient (Wildman–Crippen LogP) is 3.04. The number of alkyl halides is 3. The summed E-state index contributed by atoms with van der Waals surface area (Å²) in [6.07, 6.45) is -1.24. The predicted molar refractivity (Wildman–Crippen MR) is 74.6 cm³/mol. The second kappa shape index (κ2) is 7.17. The summed E-state index contributed by atoms with van der Waals surface area (Å²) in [5, 5.41) is 7.22. The minimum Gasteiger partial charge on any atom is -0.406 e. The Labute approximate surface area is 125 Å². The first-order chi connectivity index (χ1) is 10.5. The molecule has 0 saturated heterocycles. The van der Waals surface area contributed by atoms with E-state index in [1.165, 1.54) is 18.2 Å². The SMILES string of the molecule is COCCn1cc(NCc2cccc(OC(F)(F)F)c2)cn1. The third kappa shape index (κ3) is 5.28. The molecule has 0 bridgehead atoms. The highest BCUT2D eigenvalue weighted by molar-refractivity contribution is 5.40. The Hall–Kier alpha value is -2.22. The highest BCUT2D eigenvalue weighted by Gasteiger charge is 2.31. The van der Waals surface area contributed by atoms with E-state index in [-0.39, 0.29) is 5.75 Å². The van der Waals surface area contributed by atoms with E-state index in [9.17, 15) is 13.2 Å². The van der Waals surface area contributed by atoms with Gasteiger partial charge in [0.25, 0.3) is 0 Å². The third-order valence-corrected chi connectivity index (χ3v) is 2.79. The molecule has 8 heteroatoms. The number of anilines is 1. The highest BCUT2D eigenvalue weighted by Crippen LogP contribution is 2.23. The number of benzene rings is 1. The van der Waals surface area contributed by atoms with E-state index in [1.54, 1.807) is 30.3 Å². The highest BCUT2D eigenvalue weighted by atomic mass is 19.4. The van der Waals surface area contributed by atoms with Crippen LogP contribution in [0.1, 0.15) is 5.56 Å². The molecule has 0 atom stereocenters. The van der Waals surface area contributed by atoms with Crippen molar-refractivity contribution in [3.05, 3.63) is 42.2 Å². The van der Waals surface area contributed by atoms with Crippen LogP contribution in [0.15, 0.2) is 36.7 Å². The molecule has 1 heterocycles. The zero-order chi connectivity index (χ0) is 16.0. The first-order valence-corrected chi connectivity index (χ1v) is 6.56. The average Bonchev–Trinajstić information content (AvgIpc) is 2.89. The van der Waals surface area contributed by atoms with E-state index in [2.05, 4.69) is 15.2 Å².